The summed E-state index contributed by atoms with van der Waals surface area (Å²) in [6, 6.07) is 6.03. The zero-order valence-electron chi connectivity index (χ0n) is 12.3. The molecule has 5 atom stereocenters. The molecule has 1 aliphatic carbocycles. The lowest BCUT2D eigenvalue weighted by atomic mass is 9.51. The van der Waals surface area contributed by atoms with Gasteiger partial charge in [-0.05, 0) is 18.8 Å². The van der Waals surface area contributed by atoms with Crippen LogP contribution in [0.5, 0.6) is 0 Å². The first-order chi connectivity index (χ1) is 10.5. The fourth-order valence-corrected chi connectivity index (χ4v) is 4.28. The molecule has 5 unspecified atom stereocenters. The highest BCUT2D eigenvalue weighted by atomic mass is 16.7. The van der Waals surface area contributed by atoms with E-state index in [0.29, 0.717) is 18.8 Å². The van der Waals surface area contributed by atoms with E-state index in [2.05, 4.69) is 19.6 Å². The van der Waals surface area contributed by atoms with Crippen LogP contribution in [-0.2, 0) is 9.47 Å². The largest absolute Gasteiger partial charge is 0.447 e. The predicted molar refractivity (Wildman–Crippen MR) is 74.8 cm³/mol. The first kappa shape index (κ1) is 14.6. The van der Waals surface area contributed by atoms with Crippen molar-refractivity contribution in [3.63, 3.8) is 0 Å². The predicted octanol–water partition coefficient (Wildman–Crippen LogP) is 2.25. The molecule has 3 fully saturated rings. The molecule has 2 saturated heterocycles. The smallest absolute Gasteiger partial charge is 0.217 e. The van der Waals surface area contributed by atoms with Gasteiger partial charge < -0.3 is 9.47 Å². The summed E-state index contributed by atoms with van der Waals surface area (Å²) in [5, 5.41) is 37.6. The zero-order valence-corrected chi connectivity index (χ0v) is 12.3. The molecule has 1 N–H and O–H groups in total. The van der Waals surface area contributed by atoms with Crippen LogP contribution >= 0.6 is 0 Å². The molecule has 0 spiro atoms. The lowest BCUT2D eigenvalue weighted by Crippen LogP contribution is -2.63. The van der Waals surface area contributed by atoms with Gasteiger partial charge in [-0.2, -0.15) is 15.8 Å². The quantitative estimate of drug-likeness (QED) is 0.745. The van der Waals surface area contributed by atoms with E-state index in [-0.39, 0.29) is 5.90 Å². The highest BCUT2D eigenvalue weighted by molar-refractivity contribution is 5.89. The molecule has 0 aromatic rings. The van der Waals surface area contributed by atoms with Crippen molar-refractivity contribution in [3.8, 4) is 18.2 Å². The number of nitriles is 3. The van der Waals surface area contributed by atoms with Gasteiger partial charge >= 0.3 is 0 Å². The number of hydrogen-bond donors (Lipinski definition) is 1. The maximum absolute atomic E-state index is 9.91. The number of nitrogens with zero attached hydrogens (tertiary/aromatic N) is 3. The Balaban J connectivity index is 2.31. The van der Waals surface area contributed by atoms with E-state index in [4.69, 9.17) is 14.9 Å². The zero-order chi connectivity index (χ0) is 16.2. The van der Waals surface area contributed by atoms with E-state index < -0.39 is 28.6 Å². The van der Waals surface area contributed by atoms with Crippen LogP contribution in [-0.4, -0.2) is 17.8 Å². The van der Waals surface area contributed by atoms with Gasteiger partial charge in [0.05, 0.1) is 24.1 Å². The summed E-state index contributed by atoms with van der Waals surface area (Å²) in [6.45, 7) is 5.71. The van der Waals surface area contributed by atoms with Crippen LogP contribution in [0.1, 0.15) is 26.2 Å². The summed E-state index contributed by atoms with van der Waals surface area (Å²) in [4.78, 5) is 0. The van der Waals surface area contributed by atoms with E-state index in [1.165, 1.54) is 6.08 Å². The third-order valence-electron chi connectivity index (χ3n) is 5.43. The highest BCUT2D eigenvalue weighted by Crippen LogP contribution is 2.66. The minimum absolute atomic E-state index is 0.318. The van der Waals surface area contributed by atoms with E-state index in [1.807, 2.05) is 12.1 Å². The number of ether oxygens (including phenoxy) is 2. The van der Waals surface area contributed by atoms with Crippen molar-refractivity contribution in [1.29, 1.82) is 21.2 Å². The van der Waals surface area contributed by atoms with Gasteiger partial charge in [-0.25, -0.2) is 0 Å². The molecule has 3 rings (SSSR count). The SMILES string of the molecule is C=CC1OC23CCC(C)CC2C(C#N)(C(=N)O3)C1(C#N)C#N. The Bertz CT molecular complexity index is 668. The van der Waals surface area contributed by atoms with Crippen molar-refractivity contribution < 1.29 is 9.47 Å². The van der Waals surface area contributed by atoms with E-state index in [9.17, 15) is 15.8 Å². The van der Waals surface area contributed by atoms with Gasteiger partial charge in [0.1, 0.15) is 6.10 Å². The van der Waals surface area contributed by atoms with Crippen LogP contribution in [0.25, 0.3) is 0 Å². The number of nitrogens with one attached hydrogen (secondary N) is 1. The summed E-state index contributed by atoms with van der Waals surface area (Å²) >= 11 is 0. The summed E-state index contributed by atoms with van der Waals surface area (Å²) in [7, 11) is 0. The van der Waals surface area contributed by atoms with Gasteiger partial charge in [0.2, 0.25) is 17.1 Å². The Morgan fingerprint density at radius 2 is 2.00 bits per heavy atom. The molecule has 3 aliphatic rings. The van der Waals surface area contributed by atoms with Crippen LogP contribution in [0, 0.1) is 62.1 Å². The monoisotopic (exact) mass is 296 g/mol. The second kappa shape index (κ2) is 4.32. The molecule has 6 heteroatoms. The van der Waals surface area contributed by atoms with Crippen LogP contribution in [0.4, 0.5) is 0 Å². The lowest BCUT2D eigenvalue weighted by Gasteiger charge is -2.51. The lowest BCUT2D eigenvalue weighted by molar-refractivity contribution is -0.284. The van der Waals surface area contributed by atoms with Crippen LogP contribution in [0.2, 0.25) is 0 Å². The van der Waals surface area contributed by atoms with Gasteiger partial charge in [0, 0.05) is 6.42 Å². The minimum Gasteiger partial charge on any atom is -0.447 e. The van der Waals surface area contributed by atoms with E-state index >= 15 is 0 Å². The first-order valence-corrected chi connectivity index (χ1v) is 7.28. The van der Waals surface area contributed by atoms with Crippen molar-refractivity contribution in [1.82, 2.24) is 0 Å². The molecule has 0 aromatic carbocycles. The summed E-state index contributed by atoms with van der Waals surface area (Å²) in [5.74, 6) is -1.58. The number of hydrogen-bond acceptors (Lipinski definition) is 6. The van der Waals surface area contributed by atoms with Crippen LogP contribution in [0.15, 0.2) is 12.7 Å². The molecule has 0 aromatic heterocycles. The number of rotatable bonds is 1. The van der Waals surface area contributed by atoms with Gasteiger partial charge in [-0.3, -0.25) is 5.41 Å². The Hall–Kier alpha value is -2.36. The van der Waals surface area contributed by atoms with Gasteiger partial charge in [-0.1, -0.05) is 13.0 Å². The second-order valence-corrected chi connectivity index (χ2v) is 6.40. The average molecular weight is 296 g/mol. The van der Waals surface area contributed by atoms with Crippen molar-refractivity contribution in [2.75, 3.05) is 0 Å². The molecule has 22 heavy (non-hydrogen) atoms. The van der Waals surface area contributed by atoms with Crippen molar-refractivity contribution in [2.45, 2.75) is 38.1 Å². The van der Waals surface area contributed by atoms with Crippen LogP contribution < -0.4 is 0 Å². The maximum atomic E-state index is 9.91. The molecule has 2 bridgehead atoms. The average Bonchev–Trinajstić information content (AvgIpc) is 2.72. The molecule has 112 valence electrons. The fourth-order valence-electron chi connectivity index (χ4n) is 4.28. The summed E-state index contributed by atoms with van der Waals surface area (Å²) in [6.07, 6.45) is 2.39. The molecule has 2 aliphatic heterocycles. The van der Waals surface area contributed by atoms with Crippen molar-refractivity contribution in [2.24, 2.45) is 22.7 Å². The third-order valence-corrected chi connectivity index (χ3v) is 5.43. The Morgan fingerprint density at radius 3 is 2.55 bits per heavy atom. The van der Waals surface area contributed by atoms with Gasteiger partial charge in [0.25, 0.3) is 0 Å². The third kappa shape index (κ3) is 1.29. The minimum atomic E-state index is -1.82. The normalized spacial score (nSPS) is 44.6. The second-order valence-electron chi connectivity index (χ2n) is 6.40. The van der Waals surface area contributed by atoms with Gasteiger partial charge in [0.15, 0.2) is 5.41 Å². The molecule has 6 nitrogen and oxygen atoms in total. The Labute approximate surface area is 129 Å². The van der Waals surface area contributed by atoms with Gasteiger partial charge in [-0.15, -0.1) is 6.58 Å². The molecule has 0 radical (unpaired) electrons. The van der Waals surface area contributed by atoms with Crippen LogP contribution in [0.3, 0.4) is 0 Å². The molecular formula is C16H16N4O2. The molecular weight excluding hydrogens is 280 g/mol. The van der Waals surface area contributed by atoms with Crippen molar-refractivity contribution in [3.05, 3.63) is 12.7 Å². The first-order valence-electron chi connectivity index (χ1n) is 7.28. The fraction of sp³-hybridized carbons (Fsp3) is 0.625. The molecule has 0 amide bonds. The topological polar surface area (TPSA) is 114 Å². The standard InChI is InChI=1S/C16H16N4O2/c1-3-12-14(7-17,8-18)15(9-19)11-6-10(2)4-5-16(11,21-12)22-13(15)20/h3,10-12,20H,1,4-6H2,2H3. The summed E-state index contributed by atoms with van der Waals surface area (Å²) in [5.41, 5.74) is -3.43. The summed E-state index contributed by atoms with van der Waals surface area (Å²) < 4.78 is 11.7. The van der Waals surface area contributed by atoms with E-state index in [1.54, 1.807) is 0 Å². The maximum Gasteiger partial charge on any atom is 0.217 e. The Morgan fingerprint density at radius 1 is 1.32 bits per heavy atom. The molecule has 2 heterocycles. The highest BCUT2D eigenvalue weighted by Gasteiger charge is 2.80. The van der Waals surface area contributed by atoms with E-state index in [0.717, 1.165) is 6.42 Å². The molecule has 1 saturated carbocycles. The van der Waals surface area contributed by atoms with Crippen molar-refractivity contribution >= 4 is 5.90 Å². The Kier molecular flexibility index (Phi) is 2.86.